The van der Waals surface area contributed by atoms with Crippen molar-refractivity contribution in [3.05, 3.63) is 158 Å². The minimum atomic E-state index is 0.125. The largest absolute Gasteiger partial charge is 0.148 e. The maximum atomic E-state index is 3.71. The van der Waals surface area contributed by atoms with Crippen LogP contribution in [0.1, 0.15) is 59.3 Å². The normalized spacial score (nSPS) is 18.4. The van der Waals surface area contributed by atoms with Crippen molar-refractivity contribution in [3.8, 4) is 66.9 Å². The molecule has 0 saturated heterocycles. The van der Waals surface area contributed by atoms with Crippen molar-refractivity contribution in [2.45, 2.75) is 35.0 Å². The van der Waals surface area contributed by atoms with Gasteiger partial charge < -0.3 is 0 Å². The summed E-state index contributed by atoms with van der Waals surface area (Å²) < 4.78 is 0. The Labute approximate surface area is 380 Å². The maximum Gasteiger partial charge on any atom is 0.0792 e. The lowest BCUT2D eigenvalue weighted by Gasteiger charge is -2.04. The van der Waals surface area contributed by atoms with Crippen LogP contribution in [0, 0.1) is 47.4 Å². The molecule has 3 aliphatic rings. The molecule has 0 aromatic carbocycles. The quantitative estimate of drug-likeness (QED) is 0.158. The van der Waals surface area contributed by atoms with E-state index in [4.69, 9.17) is 0 Å². The summed E-state index contributed by atoms with van der Waals surface area (Å²) in [6, 6.07) is 28.1. The zero-order valence-corrected chi connectivity index (χ0v) is 38.6. The van der Waals surface area contributed by atoms with Crippen LogP contribution in [0.2, 0.25) is 0 Å². The van der Waals surface area contributed by atoms with Crippen molar-refractivity contribution in [1.29, 1.82) is 0 Å². The smallest absolute Gasteiger partial charge is 0.0792 e. The van der Waals surface area contributed by atoms with E-state index in [2.05, 4.69) is 160 Å². The second-order valence-electron chi connectivity index (χ2n) is 13.1. The van der Waals surface area contributed by atoms with Crippen LogP contribution >= 0.6 is 115 Å². The Morgan fingerprint density at radius 3 is 1.88 bits per heavy atom. The van der Waals surface area contributed by atoms with Gasteiger partial charge >= 0.3 is 0 Å². The summed E-state index contributed by atoms with van der Waals surface area (Å²) in [5.41, 5.74) is 2.16. The Balaban J connectivity index is 0.984. The first kappa shape index (κ1) is 38.6. The summed E-state index contributed by atoms with van der Waals surface area (Å²) in [5, 5.41) is 9.42. The predicted molar refractivity (Wildman–Crippen MR) is 266 cm³/mol. The van der Waals surface area contributed by atoms with Crippen molar-refractivity contribution >= 4 is 124 Å². The summed E-state index contributed by atoms with van der Waals surface area (Å²) in [4.78, 5) is 15.8. The Bertz CT molecular complexity index is 2920. The van der Waals surface area contributed by atoms with Gasteiger partial charge in [-0.1, -0.05) is 71.9 Å². The van der Waals surface area contributed by atoms with Crippen molar-refractivity contribution in [2.75, 3.05) is 0 Å². The van der Waals surface area contributed by atoms with Gasteiger partial charge in [0.2, 0.25) is 0 Å². The molecule has 3 aliphatic heterocycles. The highest BCUT2D eigenvalue weighted by atomic mass is 32.2. The molecule has 0 saturated carbocycles. The van der Waals surface area contributed by atoms with Gasteiger partial charge in [0.05, 0.1) is 34.9 Å². The highest BCUT2D eigenvalue weighted by Crippen LogP contribution is 2.49. The summed E-state index contributed by atoms with van der Waals surface area (Å²) in [7, 11) is 0. The van der Waals surface area contributed by atoms with E-state index in [0.717, 1.165) is 54.8 Å². The minimum absolute atomic E-state index is 0.125. The molecular weight excluding hydrogens is 897 g/mol. The summed E-state index contributed by atoms with van der Waals surface area (Å²) in [6.07, 6.45) is 7.48. The lowest BCUT2D eigenvalue weighted by atomic mass is 10.1. The zero-order chi connectivity index (χ0) is 38.7. The molecule has 7 aromatic rings. The van der Waals surface area contributed by atoms with Crippen molar-refractivity contribution in [2.24, 2.45) is 0 Å². The molecule has 0 N–H and O–H groups in total. The van der Waals surface area contributed by atoms with Gasteiger partial charge in [0.25, 0.3) is 0 Å². The van der Waals surface area contributed by atoms with E-state index in [0.29, 0.717) is 5.25 Å². The molecule has 10 heterocycles. The van der Waals surface area contributed by atoms with E-state index in [-0.39, 0.29) is 10.5 Å². The Kier molecular flexibility index (Phi) is 11.9. The molecule has 0 amide bonds. The molecule has 0 spiro atoms. The number of allylic oxidation sites excluding steroid dienone is 4. The molecule has 0 aliphatic carbocycles. The number of rotatable bonds is 5. The van der Waals surface area contributed by atoms with Gasteiger partial charge in [-0.15, -0.1) is 115 Å². The van der Waals surface area contributed by atoms with Gasteiger partial charge in [0.15, 0.2) is 0 Å². The van der Waals surface area contributed by atoms with Gasteiger partial charge in [-0.2, -0.15) is 0 Å². The summed E-state index contributed by atoms with van der Waals surface area (Å²) in [5.74, 6) is 28.8. The molecule has 0 nitrogen and oxygen atoms in total. The first-order valence-corrected chi connectivity index (χ1v) is 27.0. The van der Waals surface area contributed by atoms with E-state index in [1.54, 1.807) is 68.0 Å². The van der Waals surface area contributed by atoms with Crippen LogP contribution in [0.4, 0.5) is 0 Å². The molecule has 0 radical (unpaired) electrons. The highest BCUT2D eigenvalue weighted by molar-refractivity contribution is 8.10. The van der Waals surface area contributed by atoms with Crippen molar-refractivity contribution in [1.82, 2.24) is 0 Å². The van der Waals surface area contributed by atoms with E-state index < -0.39 is 0 Å². The van der Waals surface area contributed by atoms with Crippen molar-refractivity contribution in [3.63, 3.8) is 0 Å². The number of hydrogen-bond donors (Lipinski definition) is 0. The molecule has 10 rings (SSSR count). The van der Waals surface area contributed by atoms with Crippen LogP contribution in [0.5, 0.6) is 0 Å². The first-order valence-electron chi connectivity index (χ1n) is 18.4. The summed E-state index contributed by atoms with van der Waals surface area (Å²) in [6.45, 7) is 0. The third-order valence-electron chi connectivity index (χ3n) is 9.17. The third-order valence-corrected chi connectivity index (χ3v) is 20.4. The molecule has 280 valence electrons. The SMILES string of the molecule is C(#CC1=C(c2sc(C#Cc3ccc(-c4cccs4)s3)cc2C#Cc2ccc(-c3cccs3)s2)SC(C#CC2CC=C(c3cccs3)S2)C1)C1=CCC(c2cccs2)S1. The standard InChI is InChI=1S/C48H28S10/c1-5-39(49-25-1)43-21-17-33(53-43)11-9-31-29-37(15-13-35-19-23-45(55-35)41-7-3-27-51-41)57-47(31)48-32(10-12-34-18-22-44(54-34)40-6-2-26-50-40)30-38(58-48)16-14-36-20-24-46(56-36)42-8-4-28-52-42/h1-8,17-19,21,23-29,36,38,44H,20,22,30H2. The lowest BCUT2D eigenvalue weighted by molar-refractivity contribution is 1.02. The van der Waals surface area contributed by atoms with Crippen LogP contribution in [0.25, 0.3) is 29.3 Å². The molecule has 0 bridgehead atoms. The van der Waals surface area contributed by atoms with Gasteiger partial charge in [0.1, 0.15) is 0 Å². The Morgan fingerprint density at radius 2 is 1.17 bits per heavy atom. The van der Waals surface area contributed by atoms with Gasteiger partial charge in [-0.3, -0.25) is 0 Å². The second-order valence-corrected chi connectivity index (χ2v) is 23.9. The van der Waals surface area contributed by atoms with Gasteiger partial charge in [-0.25, -0.2) is 0 Å². The fourth-order valence-electron chi connectivity index (χ4n) is 6.44. The maximum absolute atomic E-state index is 3.71. The van der Waals surface area contributed by atoms with Crippen LogP contribution in [-0.4, -0.2) is 10.5 Å². The van der Waals surface area contributed by atoms with E-state index >= 15 is 0 Å². The Morgan fingerprint density at radius 1 is 0.500 bits per heavy atom. The molecule has 58 heavy (non-hydrogen) atoms. The van der Waals surface area contributed by atoms with Crippen LogP contribution < -0.4 is 0 Å². The molecule has 7 aromatic heterocycles. The third kappa shape index (κ3) is 8.95. The van der Waals surface area contributed by atoms with Crippen LogP contribution in [0.15, 0.2) is 123 Å². The first-order chi connectivity index (χ1) is 28.7. The lowest BCUT2D eigenvalue weighted by Crippen LogP contribution is -1.97. The molecular formula is C48H28S10. The average molecular weight is 925 g/mol. The summed E-state index contributed by atoms with van der Waals surface area (Å²) >= 11 is 18.0. The Hall–Kier alpha value is -3.59. The fourth-order valence-corrected chi connectivity index (χ4v) is 16.2. The van der Waals surface area contributed by atoms with E-state index in [9.17, 15) is 0 Å². The van der Waals surface area contributed by atoms with E-state index in [1.165, 1.54) is 39.1 Å². The van der Waals surface area contributed by atoms with E-state index in [1.807, 2.05) is 46.6 Å². The van der Waals surface area contributed by atoms with Crippen LogP contribution in [0.3, 0.4) is 0 Å². The minimum Gasteiger partial charge on any atom is -0.148 e. The van der Waals surface area contributed by atoms with Crippen LogP contribution in [-0.2, 0) is 0 Å². The topological polar surface area (TPSA) is 0 Å². The fraction of sp³-hybridized carbons (Fsp3) is 0.125. The molecule has 10 heteroatoms. The molecule has 3 atom stereocenters. The number of hydrogen-bond acceptors (Lipinski definition) is 10. The number of thiophene rings is 7. The van der Waals surface area contributed by atoms with Gasteiger partial charge in [-0.05, 0) is 101 Å². The molecule has 3 unspecified atom stereocenters. The van der Waals surface area contributed by atoms with Crippen molar-refractivity contribution < 1.29 is 0 Å². The monoisotopic (exact) mass is 924 g/mol. The predicted octanol–water partition coefficient (Wildman–Crippen LogP) is 15.8. The average Bonchev–Trinajstić information content (AvgIpc) is 4.07. The molecule has 0 fully saturated rings. The highest BCUT2D eigenvalue weighted by Gasteiger charge is 2.28. The zero-order valence-electron chi connectivity index (χ0n) is 30.4. The number of thioether (sulfide) groups is 3. The second kappa shape index (κ2) is 17.9. The van der Waals surface area contributed by atoms with Gasteiger partial charge in [0, 0.05) is 61.9 Å².